The Bertz CT molecular complexity index is 1030. The summed E-state index contributed by atoms with van der Waals surface area (Å²) in [6, 6.07) is 15.2. The Balaban J connectivity index is 1.49. The van der Waals surface area contributed by atoms with Crippen LogP contribution in [0.1, 0.15) is 57.9 Å². The zero-order valence-corrected chi connectivity index (χ0v) is 20.0. The maximum Gasteiger partial charge on any atom is 0.317 e. The van der Waals surface area contributed by atoms with Crippen molar-refractivity contribution in [1.82, 2.24) is 9.97 Å². The smallest absolute Gasteiger partial charge is 0.317 e. The lowest BCUT2D eigenvalue weighted by molar-refractivity contribution is 0.0566. The lowest BCUT2D eigenvalue weighted by atomic mass is 10.0. The van der Waals surface area contributed by atoms with E-state index in [0.717, 1.165) is 42.3 Å². The van der Waals surface area contributed by atoms with E-state index in [4.69, 9.17) is 9.47 Å². The van der Waals surface area contributed by atoms with Crippen LogP contribution < -0.4 is 4.74 Å². The molecule has 4 nitrogen and oxygen atoms in total. The van der Waals surface area contributed by atoms with E-state index >= 15 is 0 Å². The summed E-state index contributed by atoms with van der Waals surface area (Å²) in [5, 5.41) is 0.992. The van der Waals surface area contributed by atoms with E-state index in [9.17, 15) is 0 Å². The molecule has 1 unspecified atom stereocenters. The molecule has 1 aromatic heterocycles. The number of unbranched alkanes of at least 4 members (excludes halogenated alkanes) is 3. The molecule has 174 valence electrons. The van der Waals surface area contributed by atoms with E-state index in [-0.39, 0.29) is 0 Å². The number of benzene rings is 2. The van der Waals surface area contributed by atoms with Crippen LogP contribution in [0, 0.1) is 0 Å². The minimum Gasteiger partial charge on any atom is -0.459 e. The minimum absolute atomic E-state index is 0.355. The topological polar surface area (TPSA) is 44.2 Å². The van der Waals surface area contributed by atoms with Crippen LogP contribution in [0.25, 0.3) is 28.1 Å². The van der Waals surface area contributed by atoms with Crippen LogP contribution in [0.3, 0.4) is 0 Å². The number of fused-ring (bicyclic) bond motifs is 1. The maximum atomic E-state index is 5.87. The second-order valence-corrected chi connectivity index (χ2v) is 8.37. The molecule has 0 aliphatic carbocycles. The average molecular weight is 445 g/mol. The Morgan fingerprint density at radius 2 is 1.85 bits per heavy atom. The summed E-state index contributed by atoms with van der Waals surface area (Å²) in [6.45, 7) is 9.34. The van der Waals surface area contributed by atoms with E-state index in [0.29, 0.717) is 18.7 Å². The van der Waals surface area contributed by atoms with Crippen molar-refractivity contribution in [1.29, 1.82) is 0 Å². The number of nitrogens with zero attached hydrogens (tertiary/aromatic N) is 2. The van der Waals surface area contributed by atoms with Gasteiger partial charge in [-0.15, -0.1) is 0 Å². The third kappa shape index (κ3) is 8.14. The second-order valence-electron chi connectivity index (χ2n) is 8.37. The van der Waals surface area contributed by atoms with Crippen LogP contribution in [0.4, 0.5) is 0 Å². The second kappa shape index (κ2) is 13.5. The van der Waals surface area contributed by atoms with E-state index in [1.54, 1.807) is 12.3 Å². The van der Waals surface area contributed by atoms with Gasteiger partial charge in [0.1, 0.15) is 6.61 Å². The molecule has 0 N–H and O–H groups in total. The Labute approximate surface area is 198 Å². The number of aromatic nitrogens is 2. The molecular weight excluding hydrogens is 408 g/mol. The van der Waals surface area contributed by atoms with Gasteiger partial charge in [0.2, 0.25) is 0 Å². The van der Waals surface area contributed by atoms with Crippen molar-refractivity contribution >= 4 is 17.0 Å². The molecule has 0 saturated carbocycles. The highest BCUT2D eigenvalue weighted by Gasteiger charge is 2.04. The molecule has 0 saturated heterocycles. The van der Waals surface area contributed by atoms with Crippen molar-refractivity contribution < 1.29 is 9.47 Å². The Hall–Kier alpha value is -2.98. The Kier molecular flexibility index (Phi) is 10.1. The van der Waals surface area contributed by atoms with Crippen LogP contribution in [-0.4, -0.2) is 29.3 Å². The van der Waals surface area contributed by atoms with Crippen LogP contribution in [-0.2, 0) is 4.74 Å². The first-order valence-electron chi connectivity index (χ1n) is 12.1. The monoisotopic (exact) mass is 444 g/mol. The van der Waals surface area contributed by atoms with Crippen molar-refractivity contribution in [2.45, 2.75) is 58.5 Å². The Morgan fingerprint density at radius 1 is 1.03 bits per heavy atom. The third-order valence-corrected chi connectivity index (χ3v) is 5.57. The van der Waals surface area contributed by atoms with Gasteiger partial charge in [0, 0.05) is 18.2 Å². The van der Waals surface area contributed by atoms with Crippen molar-refractivity contribution in [2.24, 2.45) is 0 Å². The van der Waals surface area contributed by atoms with Gasteiger partial charge in [-0.25, -0.2) is 4.98 Å². The SMILES string of the molecule is C=CCOc1ncc2cc(-c3ccc(/C=C/CCCC(C)OCCCCC)cc3)ccc2n1. The molecule has 1 atom stereocenters. The third-order valence-electron chi connectivity index (χ3n) is 5.57. The first-order valence-corrected chi connectivity index (χ1v) is 12.1. The van der Waals surface area contributed by atoms with Gasteiger partial charge in [-0.3, -0.25) is 0 Å². The van der Waals surface area contributed by atoms with Crippen molar-refractivity contribution in [3.8, 4) is 17.1 Å². The quantitative estimate of drug-likeness (QED) is 0.189. The molecule has 0 amide bonds. The summed E-state index contributed by atoms with van der Waals surface area (Å²) >= 11 is 0. The van der Waals surface area contributed by atoms with Crippen LogP contribution in [0.5, 0.6) is 6.01 Å². The highest BCUT2D eigenvalue weighted by atomic mass is 16.5. The summed E-state index contributed by atoms with van der Waals surface area (Å²) in [5.41, 5.74) is 4.41. The van der Waals surface area contributed by atoms with Crippen LogP contribution in [0.15, 0.2) is 67.4 Å². The fourth-order valence-electron chi connectivity index (χ4n) is 3.65. The highest BCUT2D eigenvalue weighted by Crippen LogP contribution is 2.25. The fourth-order valence-corrected chi connectivity index (χ4v) is 3.65. The number of hydrogen-bond donors (Lipinski definition) is 0. The molecule has 33 heavy (non-hydrogen) atoms. The van der Waals surface area contributed by atoms with Gasteiger partial charge < -0.3 is 9.47 Å². The predicted molar refractivity (Wildman–Crippen MR) is 138 cm³/mol. The highest BCUT2D eigenvalue weighted by molar-refractivity contribution is 5.84. The molecular formula is C29H36N2O2. The van der Waals surface area contributed by atoms with Crippen molar-refractivity contribution in [3.63, 3.8) is 0 Å². The van der Waals surface area contributed by atoms with Crippen LogP contribution in [0.2, 0.25) is 0 Å². The molecule has 0 bridgehead atoms. The summed E-state index contributed by atoms with van der Waals surface area (Å²) in [5.74, 6) is 0. The molecule has 4 heteroatoms. The molecule has 3 aromatic rings. The van der Waals surface area contributed by atoms with E-state index in [1.807, 2.05) is 6.07 Å². The first-order chi connectivity index (χ1) is 16.2. The molecule has 3 rings (SSSR count). The van der Waals surface area contributed by atoms with E-state index in [1.165, 1.54) is 30.4 Å². The summed E-state index contributed by atoms with van der Waals surface area (Å²) in [4.78, 5) is 8.72. The van der Waals surface area contributed by atoms with Gasteiger partial charge in [0.25, 0.3) is 0 Å². The Morgan fingerprint density at radius 3 is 2.64 bits per heavy atom. The molecule has 2 aromatic carbocycles. The molecule has 1 heterocycles. The number of rotatable bonds is 14. The average Bonchev–Trinajstić information content (AvgIpc) is 2.85. The lowest BCUT2D eigenvalue weighted by Crippen LogP contribution is -2.08. The van der Waals surface area contributed by atoms with Crippen molar-refractivity contribution in [3.05, 3.63) is 73.0 Å². The molecule has 0 radical (unpaired) electrons. The number of ether oxygens (including phenoxy) is 2. The van der Waals surface area contributed by atoms with Gasteiger partial charge in [-0.1, -0.05) is 74.9 Å². The van der Waals surface area contributed by atoms with Gasteiger partial charge in [0.15, 0.2) is 0 Å². The van der Waals surface area contributed by atoms with E-state index < -0.39 is 0 Å². The molecule has 0 fully saturated rings. The summed E-state index contributed by atoms with van der Waals surface area (Å²) in [6.07, 6.45) is 15.3. The fraction of sp³-hybridized carbons (Fsp3) is 0.379. The first kappa shape index (κ1) is 24.7. The van der Waals surface area contributed by atoms with E-state index in [2.05, 4.69) is 78.9 Å². The maximum absolute atomic E-state index is 5.87. The van der Waals surface area contributed by atoms with Gasteiger partial charge >= 0.3 is 6.01 Å². The molecule has 0 spiro atoms. The minimum atomic E-state index is 0.355. The zero-order valence-electron chi connectivity index (χ0n) is 20.0. The lowest BCUT2D eigenvalue weighted by Gasteiger charge is -2.12. The van der Waals surface area contributed by atoms with Gasteiger partial charge in [-0.05, 0) is 61.4 Å². The largest absolute Gasteiger partial charge is 0.459 e. The molecule has 0 aliphatic heterocycles. The number of allylic oxidation sites excluding steroid dienone is 1. The van der Waals surface area contributed by atoms with Gasteiger partial charge in [0.05, 0.1) is 11.6 Å². The standard InChI is InChI=1S/C29H36N2O2/c1-4-6-10-20-32-23(3)11-8-7-9-12-24-13-15-25(16-14-24)26-17-18-28-27(21-26)22-30-29(31-28)33-19-5-2/h5,9,12-18,21-23H,2,4,6-8,10-11,19-20H2,1,3H3/b12-9+. The predicted octanol–water partition coefficient (Wildman–Crippen LogP) is 7.64. The number of hydrogen-bond acceptors (Lipinski definition) is 4. The van der Waals surface area contributed by atoms with Crippen molar-refractivity contribution in [2.75, 3.05) is 13.2 Å². The molecule has 0 aliphatic rings. The van der Waals surface area contributed by atoms with Gasteiger partial charge in [-0.2, -0.15) is 4.98 Å². The summed E-state index contributed by atoms with van der Waals surface area (Å²) < 4.78 is 11.3. The normalized spacial score (nSPS) is 12.3. The summed E-state index contributed by atoms with van der Waals surface area (Å²) in [7, 11) is 0. The van der Waals surface area contributed by atoms with Crippen LogP contribution >= 0.6 is 0 Å². The zero-order chi connectivity index (χ0) is 23.3.